The fraction of sp³-hybridized carbons (Fsp3) is 0.182. The standard InChI is InChI=1S/C22H21N3O2/c1-27-21-11-5-3-9-18(21)24-22(26)19-15-17(12-13-23-19)25-14-6-8-16-7-2-4-10-20(16)25/h2-5,7,9-13,15H,6,8,14H2,1H3,(H,24,26). The molecule has 0 bridgehead atoms. The monoisotopic (exact) mass is 359 g/mol. The second-order valence-corrected chi connectivity index (χ2v) is 6.44. The number of benzene rings is 2. The molecule has 27 heavy (non-hydrogen) atoms. The summed E-state index contributed by atoms with van der Waals surface area (Å²) >= 11 is 0. The van der Waals surface area contributed by atoms with E-state index in [1.54, 1.807) is 13.3 Å². The molecule has 0 fully saturated rings. The summed E-state index contributed by atoms with van der Waals surface area (Å²) in [5.74, 6) is 0.360. The lowest BCUT2D eigenvalue weighted by atomic mass is 10.0. The zero-order valence-electron chi connectivity index (χ0n) is 15.2. The number of hydrogen-bond acceptors (Lipinski definition) is 4. The van der Waals surface area contributed by atoms with Gasteiger partial charge in [0.1, 0.15) is 11.4 Å². The smallest absolute Gasteiger partial charge is 0.274 e. The molecule has 4 rings (SSSR count). The lowest BCUT2D eigenvalue weighted by Crippen LogP contribution is -2.25. The molecule has 0 aliphatic carbocycles. The van der Waals surface area contributed by atoms with Gasteiger partial charge in [-0.1, -0.05) is 30.3 Å². The fourth-order valence-corrected chi connectivity index (χ4v) is 3.45. The number of ether oxygens (including phenoxy) is 1. The van der Waals surface area contributed by atoms with E-state index in [1.807, 2.05) is 42.5 Å². The highest BCUT2D eigenvalue weighted by Gasteiger charge is 2.19. The molecule has 5 heteroatoms. The number of nitrogens with zero attached hydrogens (tertiary/aromatic N) is 2. The predicted octanol–water partition coefficient (Wildman–Crippen LogP) is 4.43. The number of rotatable bonds is 4. The topological polar surface area (TPSA) is 54.5 Å². The van der Waals surface area contributed by atoms with Crippen molar-refractivity contribution in [2.45, 2.75) is 12.8 Å². The molecule has 1 aliphatic rings. The number of pyridine rings is 1. The van der Waals surface area contributed by atoms with Crippen molar-refractivity contribution in [2.75, 3.05) is 23.9 Å². The summed E-state index contributed by atoms with van der Waals surface area (Å²) in [6.45, 7) is 0.925. The van der Waals surface area contributed by atoms with E-state index in [1.165, 1.54) is 11.3 Å². The molecule has 0 radical (unpaired) electrons. The van der Waals surface area contributed by atoms with Crippen LogP contribution < -0.4 is 15.0 Å². The first-order valence-corrected chi connectivity index (χ1v) is 9.02. The van der Waals surface area contributed by atoms with Crippen molar-refractivity contribution in [3.63, 3.8) is 0 Å². The van der Waals surface area contributed by atoms with Crippen LogP contribution in [0.3, 0.4) is 0 Å². The van der Waals surface area contributed by atoms with Gasteiger partial charge in [-0.05, 0) is 48.7 Å². The van der Waals surface area contributed by atoms with Gasteiger partial charge in [0.15, 0.2) is 0 Å². The van der Waals surface area contributed by atoms with E-state index in [4.69, 9.17) is 4.74 Å². The lowest BCUT2D eigenvalue weighted by Gasteiger charge is -2.31. The molecule has 2 heterocycles. The van der Waals surface area contributed by atoms with Gasteiger partial charge in [-0.3, -0.25) is 9.78 Å². The van der Waals surface area contributed by atoms with E-state index in [0.29, 0.717) is 17.1 Å². The minimum absolute atomic E-state index is 0.258. The Labute approximate surface area is 158 Å². The van der Waals surface area contributed by atoms with Crippen LogP contribution in [0.25, 0.3) is 0 Å². The Balaban J connectivity index is 1.61. The molecule has 0 saturated carbocycles. The van der Waals surface area contributed by atoms with Crippen LogP contribution in [0, 0.1) is 0 Å². The Kier molecular flexibility index (Phi) is 4.75. The van der Waals surface area contributed by atoms with E-state index in [0.717, 1.165) is 25.1 Å². The number of anilines is 3. The molecule has 0 unspecified atom stereocenters. The van der Waals surface area contributed by atoms with Crippen molar-refractivity contribution in [1.82, 2.24) is 4.98 Å². The van der Waals surface area contributed by atoms with Crippen molar-refractivity contribution in [2.24, 2.45) is 0 Å². The summed E-state index contributed by atoms with van der Waals surface area (Å²) in [6.07, 6.45) is 3.85. The highest BCUT2D eigenvalue weighted by Crippen LogP contribution is 2.33. The third-order valence-corrected chi connectivity index (χ3v) is 4.75. The van der Waals surface area contributed by atoms with Gasteiger partial charge < -0.3 is 15.0 Å². The molecule has 0 atom stereocenters. The number of aryl methyl sites for hydroxylation is 1. The fourth-order valence-electron chi connectivity index (χ4n) is 3.45. The largest absolute Gasteiger partial charge is 0.495 e. The lowest BCUT2D eigenvalue weighted by molar-refractivity contribution is 0.102. The second kappa shape index (κ2) is 7.50. The first-order valence-electron chi connectivity index (χ1n) is 9.02. The first-order chi connectivity index (χ1) is 13.3. The molecule has 2 aromatic carbocycles. The maximum Gasteiger partial charge on any atom is 0.274 e. The van der Waals surface area contributed by atoms with Crippen LogP contribution in [-0.4, -0.2) is 24.5 Å². The highest BCUT2D eigenvalue weighted by molar-refractivity contribution is 6.04. The Bertz CT molecular complexity index is 971. The first kappa shape index (κ1) is 17.1. The Morgan fingerprint density at radius 1 is 1.11 bits per heavy atom. The molecule has 1 aromatic heterocycles. The number of carbonyl (C=O) groups is 1. The Morgan fingerprint density at radius 2 is 1.93 bits per heavy atom. The molecule has 1 N–H and O–H groups in total. The summed E-state index contributed by atoms with van der Waals surface area (Å²) < 4.78 is 5.30. The number of carbonyl (C=O) groups excluding carboxylic acids is 1. The van der Waals surface area contributed by atoms with Gasteiger partial charge in [-0.25, -0.2) is 0 Å². The number of hydrogen-bond donors (Lipinski definition) is 1. The predicted molar refractivity (Wildman–Crippen MR) is 107 cm³/mol. The number of fused-ring (bicyclic) bond motifs is 1. The molecule has 1 aliphatic heterocycles. The van der Waals surface area contributed by atoms with Crippen LogP contribution in [0.4, 0.5) is 17.1 Å². The van der Waals surface area contributed by atoms with Crippen LogP contribution in [0.1, 0.15) is 22.5 Å². The third-order valence-electron chi connectivity index (χ3n) is 4.75. The Hall–Kier alpha value is -3.34. The molecule has 0 saturated heterocycles. The number of para-hydroxylation sites is 3. The van der Waals surface area contributed by atoms with Crippen LogP contribution in [0.2, 0.25) is 0 Å². The average molecular weight is 359 g/mol. The van der Waals surface area contributed by atoms with Gasteiger partial charge in [-0.15, -0.1) is 0 Å². The van der Waals surface area contributed by atoms with Crippen LogP contribution >= 0.6 is 0 Å². The quantitative estimate of drug-likeness (QED) is 0.749. The second-order valence-electron chi connectivity index (χ2n) is 6.44. The Morgan fingerprint density at radius 3 is 2.81 bits per heavy atom. The normalized spacial score (nSPS) is 13.0. The molecular formula is C22H21N3O2. The van der Waals surface area contributed by atoms with Crippen molar-refractivity contribution in [1.29, 1.82) is 0 Å². The van der Waals surface area contributed by atoms with E-state index in [9.17, 15) is 4.79 Å². The van der Waals surface area contributed by atoms with Gasteiger partial charge in [0.2, 0.25) is 0 Å². The molecule has 136 valence electrons. The maximum absolute atomic E-state index is 12.7. The highest BCUT2D eigenvalue weighted by atomic mass is 16.5. The van der Waals surface area contributed by atoms with E-state index >= 15 is 0 Å². The van der Waals surface area contributed by atoms with Crippen LogP contribution in [0.5, 0.6) is 5.75 Å². The van der Waals surface area contributed by atoms with E-state index in [2.05, 4.69) is 33.4 Å². The van der Waals surface area contributed by atoms with Crippen molar-refractivity contribution in [3.8, 4) is 5.75 Å². The number of nitrogens with one attached hydrogen (secondary N) is 1. The van der Waals surface area contributed by atoms with E-state index < -0.39 is 0 Å². The van der Waals surface area contributed by atoms with Crippen molar-refractivity contribution >= 4 is 23.0 Å². The summed E-state index contributed by atoms with van der Waals surface area (Å²) in [7, 11) is 1.58. The summed E-state index contributed by atoms with van der Waals surface area (Å²) in [5.41, 5.74) is 4.51. The number of methoxy groups -OCH3 is 1. The molecule has 3 aromatic rings. The van der Waals surface area contributed by atoms with Gasteiger partial charge in [-0.2, -0.15) is 0 Å². The molecular weight excluding hydrogens is 338 g/mol. The molecule has 5 nitrogen and oxygen atoms in total. The summed E-state index contributed by atoms with van der Waals surface area (Å²) in [5, 5.41) is 2.88. The van der Waals surface area contributed by atoms with Crippen molar-refractivity contribution in [3.05, 3.63) is 78.1 Å². The zero-order chi connectivity index (χ0) is 18.6. The number of aromatic nitrogens is 1. The minimum atomic E-state index is -0.258. The van der Waals surface area contributed by atoms with Crippen LogP contribution in [0.15, 0.2) is 66.9 Å². The van der Waals surface area contributed by atoms with Crippen molar-refractivity contribution < 1.29 is 9.53 Å². The van der Waals surface area contributed by atoms with Crippen LogP contribution in [-0.2, 0) is 6.42 Å². The number of amides is 1. The summed E-state index contributed by atoms with van der Waals surface area (Å²) in [4.78, 5) is 19.2. The van der Waals surface area contributed by atoms with Gasteiger partial charge >= 0.3 is 0 Å². The maximum atomic E-state index is 12.7. The minimum Gasteiger partial charge on any atom is -0.495 e. The average Bonchev–Trinajstić information content (AvgIpc) is 2.74. The van der Waals surface area contributed by atoms with E-state index in [-0.39, 0.29) is 5.91 Å². The van der Waals surface area contributed by atoms with Gasteiger partial charge in [0.05, 0.1) is 12.8 Å². The summed E-state index contributed by atoms with van der Waals surface area (Å²) in [6, 6.07) is 19.5. The molecule has 0 spiro atoms. The zero-order valence-corrected chi connectivity index (χ0v) is 15.2. The SMILES string of the molecule is COc1ccccc1NC(=O)c1cc(N2CCCc3ccccc32)ccn1. The molecule has 1 amide bonds. The van der Waals surface area contributed by atoms with Gasteiger partial charge in [0.25, 0.3) is 5.91 Å². The van der Waals surface area contributed by atoms with Gasteiger partial charge in [0, 0.05) is 24.1 Å². The third kappa shape index (κ3) is 3.49.